The first-order valence-corrected chi connectivity index (χ1v) is 5.68. The van der Waals surface area contributed by atoms with E-state index in [0.717, 1.165) is 28.4 Å². The topological polar surface area (TPSA) is 54.6 Å². The van der Waals surface area contributed by atoms with Crippen LogP contribution in [0.15, 0.2) is 24.3 Å². The first-order valence-electron chi connectivity index (χ1n) is 5.68. The molecule has 1 N–H and O–H groups in total. The number of rotatable bonds is 1. The Kier molecular flexibility index (Phi) is 2.13. The minimum absolute atomic E-state index is 0.217. The second-order valence-electron chi connectivity index (χ2n) is 4.42. The third kappa shape index (κ3) is 1.32. The molecule has 0 fully saturated rings. The molecule has 0 aliphatic heterocycles. The van der Waals surface area contributed by atoms with Gasteiger partial charge in [-0.15, -0.1) is 0 Å². The summed E-state index contributed by atoms with van der Waals surface area (Å²) in [6.45, 7) is 3.78. The first-order chi connectivity index (χ1) is 8.61. The van der Waals surface area contributed by atoms with E-state index in [2.05, 4.69) is 4.98 Å². The molecule has 0 saturated carbocycles. The number of aromatic hydroxyl groups is 1. The van der Waals surface area contributed by atoms with Gasteiger partial charge in [-0.3, -0.25) is 9.20 Å². The van der Waals surface area contributed by atoms with Crippen molar-refractivity contribution >= 4 is 22.8 Å². The summed E-state index contributed by atoms with van der Waals surface area (Å²) >= 11 is 0. The summed E-state index contributed by atoms with van der Waals surface area (Å²) in [4.78, 5) is 15.6. The third-order valence-electron chi connectivity index (χ3n) is 3.23. The number of phenols is 1. The molecule has 0 aliphatic carbocycles. The number of carbonyl (C=O) groups is 1. The molecule has 0 spiro atoms. The van der Waals surface area contributed by atoms with Crippen LogP contribution >= 0.6 is 0 Å². The van der Waals surface area contributed by atoms with E-state index < -0.39 is 0 Å². The van der Waals surface area contributed by atoms with Crippen molar-refractivity contribution < 1.29 is 9.90 Å². The van der Waals surface area contributed by atoms with Crippen molar-refractivity contribution in [3.8, 4) is 5.75 Å². The number of carbonyl (C=O) groups excluding carboxylic acids is 1. The van der Waals surface area contributed by atoms with Crippen molar-refractivity contribution in [1.29, 1.82) is 0 Å². The third-order valence-corrected chi connectivity index (χ3v) is 3.23. The summed E-state index contributed by atoms with van der Waals surface area (Å²) < 4.78 is 1.82. The van der Waals surface area contributed by atoms with Gasteiger partial charge in [0, 0.05) is 5.39 Å². The average molecular weight is 240 g/mol. The standard InChI is InChI=1S/C14H12N2O2/c1-8-5-14-15-9(2)13(7-17)16(14)12-4-3-10(18)6-11(8)12/h3-7,18H,1-2H3. The highest BCUT2D eigenvalue weighted by Gasteiger charge is 2.12. The summed E-state index contributed by atoms with van der Waals surface area (Å²) in [5, 5.41) is 10.5. The molecule has 0 amide bonds. The number of fused-ring (bicyclic) bond motifs is 3. The number of imidazole rings is 1. The molecule has 0 aliphatic rings. The molecule has 3 aromatic rings. The molecule has 4 nitrogen and oxygen atoms in total. The lowest BCUT2D eigenvalue weighted by Crippen LogP contribution is -1.95. The molecule has 0 saturated heterocycles. The maximum absolute atomic E-state index is 11.2. The second-order valence-corrected chi connectivity index (χ2v) is 4.42. The van der Waals surface area contributed by atoms with Crippen LogP contribution in [0.3, 0.4) is 0 Å². The molecule has 18 heavy (non-hydrogen) atoms. The highest BCUT2D eigenvalue weighted by Crippen LogP contribution is 2.26. The van der Waals surface area contributed by atoms with Gasteiger partial charge in [0.15, 0.2) is 6.29 Å². The summed E-state index contributed by atoms with van der Waals surface area (Å²) in [5.41, 5.74) is 3.93. The maximum Gasteiger partial charge on any atom is 0.168 e. The van der Waals surface area contributed by atoms with E-state index in [1.165, 1.54) is 0 Å². The Labute approximate surface area is 104 Å². The molecule has 4 heteroatoms. The Bertz CT molecular complexity index is 787. The molecule has 2 aromatic heterocycles. The molecule has 1 aromatic carbocycles. The molecule has 0 unspecified atom stereocenters. The zero-order chi connectivity index (χ0) is 12.9. The highest BCUT2D eigenvalue weighted by molar-refractivity contribution is 5.90. The van der Waals surface area contributed by atoms with Gasteiger partial charge in [-0.05, 0) is 43.7 Å². The van der Waals surface area contributed by atoms with Crippen LogP contribution in [0.4, 0.5) is 0 Å². The fourth-order valence-electron chi connectivity index (χ4n) is 2.36. The number of hydrogen-bond donors (Lipinski definition) is 1. The van der Waals surface area contributed by atoms with Crippen LogP contribution in [0.5, 0.6) is 5.75 Å². The quantitative estimate of drug-likeness (QED) is 0.665. The molecular formula is C14H12N2O2. The van der Waals surface area contributed by atoms with Gasteiger partial charge in [-0.2, -0.15) is 0 Å². The molecule has 2 heterocycles. The van der Waals surface area contributed by atoms with E-state index in [-0.39, 0.29) is 5.75 Å². The van der Waals surface area contributed by atoms with Crippen molar-refractivity contribution in [3.05, 3.63) is 41.2 Å². The van der Waals surface area contributed by atoms with Crippen molar-refractivity contribution in [2.24, 2.45) is 0 Å². The van der Waals surface area contributed by atoms with Crippen LogP contribution in [0.25, 0.3) is 16.6 Å². The first kappa shape index (κ1) is 10.8. The van der Waals surface area contributed by atoms with Crippen molar-refractivity contribution in [1.82, 2.24) is 9.38 Å². The number of nitrogens with zero attached hydrogens (tertiary/aromatic N) is 2. The normalized spacial score (nSPS) is 11.2. The van der Waals surface area contributed by atoms with E-state index in [4.69, 9.17) is 0 Å². The van der Waals surface area contributed by atoms with E-state index in [9.17, 15) is 9.90 Å². The Morgan fingerprint density at radius 2 is 2.06 bits per heavy atom. The lowest BCUT2D eigenvalue weighted by atomic mass is 10.1. The van der Waals surface area contributed by atoms with Crippen molar-refractivity contribution in [3.63, 3.8) is 0 Å². The maximum atomic E-state index is 11.2. The van der Waals surface area contributed by atoms with Crippen LogP contribution in [0.2, 0.25) is 0 Å². The zero-order valence-corrected chi connectivity index (χ0v) is 10.1. The van der Waals surface area contributed by atoms with E-state index in [0.29, 0.717) is 11.4 Å². The monoisotopic (exact) mass is 240 g/mol. The number of benzene rings is 1. The van der Waals surface area contributed by atoms with Gasteiger partial charge in [-0.1, -0.05) is 0 Å². The average Bonchev–Trinajstić information content (AvgIpc) is 2.65. The SMILES string of the molecule is Cc1nc2cc(C)c3cc(O)ccc3n2c1C=O. The van der Waals surface area contributed by atoms with Crippen LogP contribution in [0.1, 0.15) is 21.7 Å². The van der Waals surface area contributed by atoms with Crippen LogP contribution in [-0.4, -0.2) is 20.8 Å². The lowest BCUT2D eigenvalue weighted by Gasteiger charge is -2.07. The predicted molar refractivity (Wildman–Crippen MR) is 69.2 cm³/mol. The van der Waals surface area contributed by atoms with Gasteiger partial charge in [0.05, 0.1) is 11.2 Å². The number of phenolic OH excluding ortho intramolecular Hbond substituents is 1. The lowest BCUT2D eigenvalue weighted by molar-refractivity contribution is 0.111. The Hall–Kier alpha value is -2.36. The van der Waals surface area contributed by atoms with Crippen molar-refractivity contribution in [2.45, 2.75) is 13.8 Å². The number of aryl methyl sites for hydroxylation is 2. The zero-order valence-electron chi connectivity index (χ0n) is 10.1. The summed E-state index contributed by atoms with van der Waals surface area (Å²) in [6.07, 6.45) is 0.816. The fraction of sp³-hybridized carbons (Fsp3) is 0.143. The van der Waals surface area contributed by atoms with E-state index >= 15 is 0 Å². The van der Waals surface area contributed by atoms with Crippen molar-refractivity contribution in [2.75, 3.05) is 0 Å². The van der Waals surface area contributed by atoms with Crippen LogP contribution in [0, 0.1) is 13.8 Å². The minimum atomic E-state index is 0.217. The molecule has 0 atom stereocenters. The molecule has 0 radical (unpaired) electrons. The van der Waals surface area contributed by atoms with Gasteiger partial charge in [0.1, 0.15) is 17.1 Å². The summed E-state index contributed by atoms with van der Waals surface area (Å²) in [6, 6.07) is 7.04. The Morgan fingerprint density at radius 3 is 2.78 bits per heavy atom. The minimum Gasteiger partial charge on any atom is -0.508 e. The largest absolute Gasteiger partial charge is 0.508 e. The summed E-state index contributed by atoms with van der Waals surface area (Å²) in [5.74, 6) is 0.217. The Morgan fingerprint density at radius 1 is 1.28 bits per heavy atom. The number of hydrogen-bond acceptors (Lipinski definition) is 3. The predicted octanol–water partition coefficient (Wildman–Crippen LogP) is 2.62. The van der Waals surface area contributed by atoms with Crippen LogP contribution in [-0.2, 0) is 0 Å². The smallest absolute Gasteiger partial charge is 0.168 e. The summed E-state index contributed by atoms with van der Waals surface area (Å²) in [7, 11) is 0. The van der Waals surface area contributed by atoms with Gasteiger partial charge in [0.2, 0.25) is 0 Å². The van der Waals surface area contributed by atoms with Gasteiger partial charge < -0.3 is 5.11 Å². The van der Waals surface area contributed by atoms with Gasteiger partial charge in [-0.25, -0.2) is 4.98 Å². The van der Waals surface area contributed by atoms with E-state index in [1.807, 2.05) is 24.3 Å². The second kappa shape index (κ2) is 3.57. The number of aldehydes is 1. The number of aromatic nitrogens is 2. The van der Waals surface area contributed by atoms with Gasteiger partial charge >= 0.3 is 0 Å². The Balaban J connectivity index is 2.62. The molecular weight excluding hydrogens is 228 g/mol. The fourth-order valence-corrected chi connectivity index (χ4v) is 2.36. The van der Waals surface area contributed by atoms with E-state index in [1.54, 1.807) is 18.2 Å². The van der Waals surface area contributed by atoms with Gasteiger partial charge in [0.25, 0.3) is 0 Å². The molecule has 3 rings (SSSR count). The van der Waals surface area contributed by atoms with Crippen LogP contribution < -0.4 is 0 Å². The molecule has 0 bridgehead atoms. The molecule has 90 valence electrons. The highest BCUT2D eigenvalue weighted by atomic mass is 16.3. The number of pyridine rings is 1.